The van der Waals surface area contributed by atoms with Crippen molar-refractivity contribution < 1.29 is 0 Å². The fourth-order valence-electron chi connectivity index (χ4n) is 1.91. The lowest BCUT2D eigenvalue weighted by atomic mass is 10.1. The summed E-state index contributed by atoms with van der Waals surface area (Å²) in [6.07, 6.45) is 6.82. The van der Waals surface area contributed by atoms with Crippen LogP contribution >= 0.6 is 0 Å². The average Bonchev–Trinajstić information content (AvgIpc) is 2.74. The fraction of sp³-hybridized carbons (Fsp3) is 1.00. The van der Waals surface area contributed by atoms with E-state index >= 15 is 0 Å². The number of hydrogen-bond acceptors (Lipinski definition) is 1. The molecule has 0 bridgehead atoms. The maximum atomic E-state index is 2.64. The lowest BCUT2D eigenvalue weighted by Gasteiger charge is -2.24. The van der Waals surface area contributed by atoms with Gasteiger partial charge in [0.1, 0.15) is 0 Å². The Balaban J connectivity index is 0.000000336. The molecule has 1 heteroatoms. The summed E-state index contributed by atoms with van der Waals surface area (Å²) in [7, 11) is 0. The van der Waals surface area contributed by atoms with Crippen LogP contribution in [0.4, 0.5) is 0 Å². The van der Waals surface area contributed by atoms with Crippen molar-refractivity contribution in [3.63, 3.8) is 0 Å². The predicted octanol–water partition coefficient (Wildman–Crippen LogP) is 4.32. The smallest absolute Gasteiger partial charge is 0.00900 e. The van der Waals surface area contributed by atoms with Gasteiger partial charge in [-0.2, -0.15) is 0 Å². The Hall–Kier alpha value is -0.0400. The van der Waals surface area contributed by atoms with Crippen molar-refractivity contribution in [2.45, 2.75) is 72.8 Å². The van der Waals surface area contributed by atoms with E-state index in [0.717, 1.165) is 12.0 Å². The number of likely N-dealkylation sites (tertiary alicyclic amines) is 1. The van der Waals surface area contributed by atoms with Gasteiger partial charge in [-0.15, -0.1) is 0 Å². The van der Waals surface area contributed by atoms with Gasteiger partial charge < -0.3 is 4.90 Å². The third-order valence-corrected chi connectivity index (χ3v) is 3.42. The normalized spacial score (nSPS) is 17.0. The van der Waals surface area contributed by atoms with E-state index in [1.807, 2.05) is 0 Å². The molecule has 0 N–H and O–H groups in total. The Bertz CT molecular complexity index is 121. The fourth-order valence-corrected chi connectivity index (χ4v) is 1.91. The van der Waals surface area contributed by atoms with E-state index in [9.17, 15) is 0 Å². The first-order valence-electron chi connectivity index (χ1n) is 6.89. The molecule has 0 spiro atoms. The third-order valence-electron chi connectivity index (χ3n) is 3.42. The molecule has 0 atom stereocenters. The zero-order valence-electron chi connectivity index (χ0n) is 11.6. The van der Waals surface area contributed by atoms with Gasteiger partial charge in [0.15, 0.2) is 0 Å². The zero-order chi connectivity index (χ0) is 11.7. The summed E-state index contributed by atoms with van der Waals surface area (Å²) < 4.78 is 0. The van der Waals surface area contributed by atoms with Gasteiger partial charge in [-0.1, -0.05) is 41.0 Å². The van der Waals surface area contributed by atoms with Gasteiger partial charge in [-0.25, -0.2) is 0 Å². The number of hydrogen-bond donors (Lipinski definition) is 0. The maximum Gasteiger partial charge on any atom is 0.00900 e. The van der Waals surface area contributed by atoms with E-state index in [0.29, 0.717) is 0 Å². The minimum atomic E-state index is 0.877. The molecule has 1 heterocycles. The van der Waals surface area contributed by atoms with Gasteiger partial charge in [-0.05, 0) is 44.7 Å². The second-order valence-electron chi connectivity index (χ2n) is 5.02. The summed E-state index contributed by atoms with van der Waals surface area (Å²) in [5, 5.41) is 0. The first kappa shape index (κ1) is 15.0. The maximum absolute atomic E-state index is 2.64. The van der Waals surface area contributed by atoms with Crippen molar-refractivity contribution >= 4 is 0 Å². The van der Waals surface area contributed by atoms with Crippen LogP contribution in [0.25, 0.3) is 0 Å². The molecule has 0 aliphatic carbocycles. The molecule has 1 aliphatic rings. The van der Waals surface area contributed by atoms with Crippen LogP contribution in [0.1, 0.15) is 66.7 Å². The molecule has 15 heavy (non-hydrogen) atoms. The summed E-state index contributed by atoms with van der Waals surface area (Å²) in [6.45, 7) is 13.9. The Morgan fingerprint density at radius 2 is 1.27 bits per heavy atom. The Kier molecular flexibility index (Phi) is 9.18. The topological polar surface area (TPSA) is 3.24 Å². The van der Waals surface area contributed by atoms with Gasteiger partial charge in [0, 0.05) is 6.04 Å². The summed E-state index contributed by atoms with van der Waals surface area (Å²) >= 11 is 0. The lowest BCUT2D eigenvalue weighted by Crippen LogP contribution is -2.31. The molecule has 0 aromatic heterocycles. The van der Waals surface area contributed by atoms with Crippen LogP contribution in [-0.2, 0) is 0 Å². The van der Waals surface area contributed by atoms with Crippen molar-refractivity contribution in [2.24, 2.45) is 5.92 Å². The molecule has 0 radical (unpaired) electrons. The summed E-state index contributed by atoms with van der Waals surface area (Å²) in [4.78, 5) is 2.64. The molecule has 0 unspecified atom stereocenters. The van der Waals surface area contributed by atoms with Gasteiger partial charge in [0.25, 0.3) is 0 Å². The van der Waals surface area contributed by atoms with Crippen LogP contribution in [0.15, 0.2) is 0 Å². The lowest BCUT2D eigenvalue weighted by molar-refractivity contribution is 0.230. The Morgan fingerprint density at radius 3 is 1.53 bits per heavy atom. The number of rotatable bonds is 4. The van der Waals surface area contributed by atoms with Crippen molar-refractivity contribution in [3.05, 3.63) is 0 Å². The Labute approximate surface area is 97.2 Å². The van der Waals surface area contributed by atoms with Crippen LogP contribution in [-0.4, -0.2) is 24.0 Å². The number of nitrogens with zero attached hydrogens (tertiary/aromatic N) is 1. The van der Waals surface area contributed by atoms with E-state index in [1.54, 1.807) is 0 Å². The van der Waals surface area contributed by atoms with E-state index in [2.05, 4.69) is 39.5 Å². The van der Waals surface area contributed by atoms with Crippen LogP contribution < -0.4 is 0 Å². The molecule has 0 amide bonds. The van der Waals surface area contributed by atoms with Crippen molar-refractivity contribution in [1.82, 2.24) is 4.90 Å². The molecular formula is C14H31N. The highest BCUT2D eigenvalue weighted by atomic mass is 15.2. The predicted molar refractivity (Wildman–Crippen MR) is 70.3 cm³/mol. The average molecular weight is 213 g/mol. The third kappa shape index (κ3) is 6.94. The molecule has 1 fully saturated rings. The second kappa shape index (κ2) is 9.21. The molecule has 1 nitrogen and oxygen atoms in total. The molecule has 92 valence electrons. The van der Waals surface area contributed by atoms with Gasteiger partial charge in [-0.3, -0.25) is 0 Å². The standard InChI is InChI=1S/C9H19N.C5H12/c1-3-9(4-2)10-7-5-6-8-10;1-4-5(2)3/h9H,3-8H2,1-2H3;5H,4H2,1-3H3. The highest BCUT2D eigenvalue weighted by Gasteiger charge is 2.17. The van der Waals surface area contributed by atoms with Crippen molar-refractivity contribution in [3.8, 4) is 0 Å². The van der Waals surface area contributed by atoms with Gasteiger partial charge in [0.05, 0.1) is 0 Å². The molecule has 0 aromatic carbocycles. The molecule has 1 aliphatic heterocycles. The van der Waals surface area contributed by atoms with E-state index in [-0.39, 0.29) is 0 Å². The SMILES string of the molecule is CCC(C)C.CCC(CC)N1CCCC1. The second-order valence-corrected chi connectivity index (χ2v) is 5.02. The molecule has 1 rings (SSSR count). The zero-order valence-corrected chi connectivity index (χ0v) is 11.6. The Morgan fingerprint density at radius 1 is 0.867 bits per heavy atom. The van der Waals surface area contributed by atoms with Crippen molar-refractivity contribution in [2.75, 3.05) is 13.1 Å². The highest BCUT2D eigenvalue weighted by molar-refractivity contribution is 4.73. The van der Waals surface area contributed by atoms with Crippen molar-refractivity contribution in [1.29, 1.82) is 0 Å². The van der Waals surface area contributed by atoms with Crippen LogP contribution in [0.5, 0.6) is 0 Å². The summed E-state index contributed by atoms with van der Waals surface area (Å²) in [5.41, 5.74) is 0. The molecule has 0 aromatic rings. The minimum absolute atomic E-state index is 0.877. The van der Waals surface area contributed by atoms with E-state index in [4.69, 9.17) is 0 Å². The monoisotopic (exact) mass is 213 g/mol. The summed E-state index contributed by atoms with van der Waals surface area (Å²) in [6, 6.07) is 0.877. The summed E-state index contributed by atoms with van der Waals surface area (Å²) in [5.74, 6) is 0.884. The van der Waals surface area contributed by atoms with Crippen LogP contribution in [0, 0.1) is 5.92 Å². The molecule has 0 saturated carbocycles. The van der Waals surface area contributed by atoms with Gasteiger partial charge in [0.2, 0.25) is 0 Å². The molecular weight excluding hydrogens is 182 g/mol. The van der Waals surface area contributed by atoms with Crippen LogP contribution in [0.2, 0.25) is 0 Å². The van der Waals surface area contributed by atoms with E-state index in [1.165, 1.54) is 45.2 Å². The molecule has 1 saturated heterocycles. The first-order valence-corrected chi connectivity index (χ1v) is 6.89. The van der Waals surface area contributed by atoms with Gasteiger partial charge >= 0.3 is 0 Å². The largest absolute Gasteiger partial charge is 0.300 e. The van der Waals surface area contributed by atoms with Crippen LogP contribution in [0.3, 0.4) is 0 Å². The quantitative estimate of drug-likeness (QED) is 0.672. The highest BCUT2D eigenvalue weighted by Crippen LogP contribution is 2.15. The van der Waals surface area contributed by atoms with E-state index < -0.39 is 0 Å². The minimum Gasteiger partial charge on any atom is -0.300 e. The first-order chi connectivity index (χ1) is 7.15.